The van der Waals surface area contributed by atoms with Crippen molar-refractivity contribution in [3.8, 4) is 0 Å². The molecule has 2 aromatic carbocycles. The lowest BCUT2D eigenvalue weighted by Gasteiger charge is -2.35. The fraction of sp³-hybridized carbons (Fsp3) is 0.500. The molecule has 2 fully saturated rings. The molecule has 0 radical (unpaired) electrons. The predicted octanol–water partition coefficient (Wildman–Crippen LogP) is 2.68. The zero-order valence-corrected chi connectivity index (χ0v) is 21.0. The summed E-state index contributed by atoms with van der Waals surface area (Å²) in [5.41, 5.74) is 1.94. The van der Waals surface area contributed by atoms with Crippen molar-refractivity contribution >= 4 is 15.9 Å². The number of sulfonamides is 1. The summed E-state index contributed by atoms with van der Waals surface area (Å²) >= 11 is 0. The van der Waals surface area contributed by atoms with Gasteiger partial charge in [0.2, 0.25) is 15.9 Å². The van der Waals surface area contributed by atoms with Gasteiger partial charge in [-0.2, -0.15) is 0 Å². The van der Waals surface area contributed by atoms with Gasteiger partial charge in [-0.15, -0.1) is 0 Å². The van der Waals surface area contributed by atoms with E-state index in [1.165, 1.54) is 36.8 Å². The Hall–Kier alpha value is -2.26. The van der Waals surface area contributed by atoms with Gasteiger partial charge in [0.05, 0.1) is 11.4 Å². The maximum absolute atomic E-state index is 12.9. The van der Waals surface area contributed by atoms with Crippen molar-refractivity contribution in [2.24, 2.45) is 0 Å². The minimum absolute atomic E-state index is 0.0587. The minimum Gasteiger partial charge on any atom is -0.351 e. The number of likely N-dealkylation sites (tertiary alicyclic amines) is 2. The Morgan fingerprint density at radius 3 is 2.26 bits per heavy atom. The molecule has 2 aliphatic heterocycles. The van der Waals surface area contributed by atoms with Gasteiger partial charge in [-0.25, -0.2) is 12.7 Å². The monoisotopic (exact) mass is 484 g/mol. The van der Waals surface area contributed by atoms with E-state index in [9.17, 15) is 13.2 Å². The Kier molecular flexibility index (Phi) is 8.03. The molecule has 2 saturated heterocycles. The molecular weight excluding hydrogens is 448 g/mol. The van der Waals surface area contributed by atoms with Gasteiger partial charge < -0.3 is 5.32 Å². The Balaban J connectivity index is 1.36. The SMILES string of the molecule is CN(C)S(=O)(=O)c1ccccc1CNC(=O)CN1CCCC1C1CCCN1Cc1ccccc1. The van der Waals surface area contributed by atoms with E-state index in [1.54, 1.807) is 24.3 Å². The number of amides is 1. The van der Waals surface area contributed by atoms with Crippen LogP contribution in [0.2, 0.25) is 0 Å². The summed E-state index contributed by atoms with van der Waals surface area (Å²) < 4.78 is 26.5. The van der Waals surface area contributed by atoms with E-state index in [0.717, 1.165) is 32.5 Å². The molecule has 184 valence electrons. The van der Waals surface area contributed by atoms with Crippen molar-refractivity contribution in [1.29, 1.82) is 0 Å². The smallest absolute Gasteiger partial charge is 0.242 e. The highest BCUT2D eigenvalue weighted by Gasteiger charge is 2.38. The first-order valence-electron chi connectivity index (χ1n) is 12.2. The highest BCUT2D eigenvalue weighted by atomic mass is 32.2. The van der Waals surface area contributed by atoms with Crippen LogP contribution in [0.1, 0.15) is 36.8 Å². The van der Waals surface area contributed by atoms with Gasteiger partial charge in [-0.3, -0.25) is 14.6 Å². The Morgan fingerprint density at radius 2 is 1.56 bits per heavy atom. The second-order valence-electron chi connectivity index (χ2n) is 9.52. The summed E-state index contributed by atoms with van der Waals surface area (Å²) in [4.78, 5) is 18.0. The molecule has 2 aromatic rings. The average molecular weight is 485 g/mol. The number of carbonyl (C=O) groups is 1. The minimum atomic E-state index is -3.56. The maximum Gasteiger partial charge on any atom is 0.242 e. The fourth-order valence-corrected chi connectivity index (χ4v) is 6.43. The van der Waals surface area contributed by atoms with E-state index >= 15 is 0 Å². The molecule has 0 aliphatic carbocycles. The van der Waals surface area contributed by atoms with Crippen LogP contribution in [0.3, 0.4) is 0 Å². The molecule has 34 heavy (non-hydrogen) atoms. The summed E-state index contributed by atoms with van der Waals surface area (Å²) in [6.45, 7) is 3.54. The zero-order valence-electron chi connectivity index (χ0n) is 20.2. The highest BCUT2D eigenvalue weighted by Crippen LogP contribution is 2.31. The van der Waals surface area contributed by atoms with Gasteiger partial charge in [0.1, 0.15) is 0 Å². The van der Waals surface area contributed by atoms with Crippen LogP contribution in [0.4, 0.5) is 0 Å². The van der Waals surface area contributed by atoms with Crippen molar-refractivity contribution in [3.63, 3.8) is 0 Å². The van der Waals surface area contributed by atoms with E-state index in [-0.39, 0.29) is 17.3 Å². The number of hydrogen-bond acceptors (Lipinski definition) is 5. The van der Waals surface area contributed by atoms with Crippen LogP contribution in [0.25, 0.3) is 0 Å². The van der Waals surface area contributed by atoms with Crippen molar-refractivity contribution in [3.05, 3.63) is 65.7 Å². The van der Waals surface area contributed by atoms with E-state index in [2.05, 4.69) is 45.4 Å². The molecule has 2 heterocycles. The molecule has 0 saturated carbocycles. The standard InChI is InChI=1S/C26H36N4O3S/c1-28(2)34(32,33)25-15-7-6-12-22(25)18-27-26(31)20-30-17-9-14-24(30)23-13-8-16-29(23)19-21-10-4-3-5-11-21/h3-7,10-12,15,23-24H,8-9,13-14,16-20H2,1-2H3,(H,27,31). The second kappa shape index (κ2) is 11.0. The third kappa shape index (κ3) is 5.68. The summed E-state index contributed by atoms with van der Waals surface area (Å²) in [6, 6.07) is 18.3. The number of benzene rings is 2. The van der Waals surface area contributed by atoms with Crippen molar-refractivity contribution in [2.45, 2.75) is 55.8 Å². The topological polar surface area (TPSA) is 73.0 Å². The molecule has 2 atom stereocenters. The summed E-state index contributed by atoms with van der Waals surface area (Å²) in [5.74, 6) is -0.0587. The first kappa shape index (κ1) is 24.9. The second-order valence-corrected chi connectivity index (χ2v) is 11.6. The number of nitrogens with one attached hydrogen (secondary N) is 1. The normalized spacial score (nSPS) is 21.9. The average Bonchev–Trinajstić information content (AvgIpc) is 3.47. The van der Waals surface area contributed by atoms with Crippen LogP contribution >= 0.6 is 0 Å². The van der Waals surface area contributed by atoms with Crippen molar-refractivity contribution in [1.82, 2.24) is 19.4 Å². The first-order chi connectivity index (χ1) is 16.4. The lowest BCUT2D eigenvalue weighted by Crippen LogP contribution is -2.48. The molecule has 2 aliphatic rings. The number of rotatable bonds is 9. The lowest BCUT2D eigenvalue weighted by atomic mass is 10.0. The van der Waals surface area contributed by atoms with E-state index in [4.69, 9.17) is 0 Å². The Bertz CT molecular complexity index is 1070. The Labute approximate surface area is 203 Å². The van der Waals surface area contributed by atoms with Crippen molar-refractivity contribution in [2.75, 3.05) is 33.7 Å². The lowest BCUT2D eigenvalue weighted by molar-refractivity contribution is -0.122. The number of carbonyl (C=O) groups excluding carboxylic acids is 1. The van der Waals surface area contributed by atoms with Crippen LogP contribution in [0, 0.1) is 0 Å². The largest absolute Gasteiger partial charge is 0.351 e. The molecule has 1 N–H and O–H groups in total. The van der Waals surface area contributed by atoms with Gasteiger partial charge in [0.15, 0.2) is 0 Å². The van der Waals surface area contributed by atoms with Gasteiger partial charge in [-0.1, -0.05) is 48.5 Å². The fourth-order valence-electron chi connectivity index (χ4n) is 5.32. The molecule has 2 unspecified atom stereocenters. The summed E-state index contributed by atoms with van der Waals surface area (Å²) in [6.07, 6.45) is 4.60. The Morgan fingerprint density at radius 1 is 0.941 bits per heavy atom. The summed E-state index contributed by atoms with van der Waals surface area (Å²) in [7, 11) is -0.531. The third-order valence-corrected chi connectivity index (χ3v) is 8.97. The van der Waals surface area contributed by atoms with Crippen LogP contribution in [0.5, 0.6) is 0 Å². The van der Waals surface area contributed by atoms with Gasteiger partial charge >= 0.3 is 0 Å². The van der Waals surface area contributed by atoms with Crippen molar-refractivity contribution < 1.29 is 13.2 Å². The molecule has 8 heteroatoms. The predicted molar refractivity (Wildman–Crippen MR) is 134 cm³/mol. The van der Waals surface area contributed by atoms with Crippen LogP contribution in [-0.2, 0) is 27.9 Å². The first-order valence-corrected chi connectivity index (χ1v) is 13.6. The van der Waals surface area contributed by atoms with Crippen LogP contribution in [0.15, 0.2) is 59.5 Å². The quantitative estimate of drug-likeness (QED) is 0.593. The van der Waals surface area contributed by atoms with E-state index < -0.39 is 10.0 Å². The van der Waals surface area contributed by atoms with Crippen LogP contribution in [-0.4, -0.2) is 74.2 Å². The molecule has 7 nitrogen and oxygen atoms in total. The molecule has 1 amide bonds. The van der Waals surface area contributed by atoms with Gasteiger partial charge in [0.25, 0.3) is 0 Å². The molecule has 0 aromatic heterocycles. The van der Waals surface area contributed by atoms with E-state index in [1.807, 2.05) is 0 Å². The molecule has 0 spiro atoms. The highest BCUT2D eigenvalue weighted by molar-refractivity contribution is 7.89. The van der Waals surface area contributed by atoms with Crippen LogP contribution < -0.4 is 5.32 Å². The zero-order chi connectivity index (χ0) is 24.1. The van der Waals surface area contributed by atoms with E-state index in [0.29, 0.717) is 24.2 Å². The number of nitrogens with zero attached hydrogens (tertiary/aromatic N) is 3. The molecule has 4 rings (SSSR count). The van der Waals surface area contributed by atoms with Gasteiger partial charge in [0, 0.05) is 39.3 Å². The molecular formula is C26H36N4O3S. The van der Waals surface area contributed by atoms with Gasteiger partial charge in [-0.05, 0) is 56.0 Å². The summed E-state index contributed by atoms with van der Waals surface area (Å²) in [5, 5.41) is 2.96. The number of hydrogen-bond donors (Lipinski definition) is 1. The maximum atomic E-state index is 12.9. The third-order valence-electron chi connectivity index (χ3n) is 7.06. The molecule has 0 bridgehead atoms.